The van der Waals surface area contributed by atoms with Gasteiger partial charge < -0.3 is 57.4 Å². The number of fused-ring (bicyclic) bond motifs is 4. The molecule has 16 nitrogen and oxygen atoms in total. The molecule has 46 heavy (non-hydrogen) atoms. The molecular formula is C29H33O16P. The van der Waals surface area contributed by atoms with Crippen molar-refractivity contribution in [2.24, 2.45) is 11.8 Å². The molecule has 0 bridgehead atoms. The predicted molar refractivity (Wildman–Crippen MR) is 149 cm³/mol. The van der Waals surface area contributed by atoms with E-state index in [0.717, 1.165) is 0 Å². The normalized spacial score (nSPS) is 63.0. The van der Waals surface area contributed by atoms with Crippen LogP contribution in [0, 0.1) is 11.8 Å². The Bertz CT molecular complexity index is 2800. The van der Waals surface area contributed by atoms with Gasteiger partial charge >= 0.3 is 13.8 Å². The number of benzene rings is 2. The highest BCUT2D eigenvalue weighted by Crippen LogP contribution is 2.57. The summed E-state index contributed by atoms with van der Waals surface area (Å²) in [5, 5.41) is 16.0. The molecule has 0 spiro atoms. The van der Waals surface area contributed by atoms with E-state index < -0.39 is 178 Å². The summed E-state index contributed by atoms with van der Waals surface area (Å²) in [5.74, 6) is -24.7. The van der Waals surface area contributed by atoms with Gasteiger partial charge in [0.1, 0.15) is 27.1 Å². The van der Waals surface area contributed by atoms with Crippen LogP contribution in [0.2, 0.25) is 0 Å². The number of methoxy groups -OCH3 is 2. The smallest absolute Gasteiger partial charge is 0.493 e. The second-order valence-corrected chi connectivity index (χ2v) is 9.98. The molecule has 5 aliphatic rings. The van der Waals surface area contributed by atoms with Crippen molar-refractivity contribution < 1.29 is 112 Å². The standard InChI is InChI=1S/C29H33O16P/c1-11-38-9-20-27(42-11)23(30)24(31)29(43-20)44-25-14-7-17-16(40-10-41-17)6-13(14)21(22-15(25)8-39-28(22)32)12-4-18(36-2)26(19(5-12)37-3)45-46(33,34)35/h4-7,11,15,20-25,27,29-31H,8-10H2,1-3H3,(H2,33,34,35)/t11-,15+,20-,21-,22+,23-,24-,25-,27-,29+/m1/s1/i1D3,2D3,4D,5D,6D,7D,8D2,9D2,10D2,11D,15D,20D,21D,22D,23D,24D,25D,27D,29D,31D. The van der Waals surface area contributed by atoms with Gasteiger partial charge in [-0.3, -0.25) is 14.6 Å². The van der Waals surface area contributed by atoms with E-state index in [4.69, 9.17) is 64.0 Å². The Balaban J connectivity index is 1.69. The zero-order valence-electron chi connectivity index (χ0n) is 49.1. The molecule has 0 amide bonds. The number of aliphatic hydroxyl groups is 2. The quantitative estimate of drug-likeness (QED) is 0.225. The fourth-order valence-electron chi connectivity index (χ4n) is 4.40. The van der Waals surface area contributed by atoms with E-state index in [-0.39, 0.29) is 0 Å². The first-order valence-electron chi connectivity index (χ1n) is 25.4. The third kappa shape index (κ3) is 5.37. The zero-order valence-corrected chi connectivity index (χ0v) is 23.0. The van der Waals surface area contributed by atoms with E-state index >= 15 is 0 Å². The molecule has 4 N–H and O–H groups in total. The highest BCUT2D eigenvalue weighted by molar-refractivity contribution is 7.46. The first-order chi connectivity index (χ1) is 32.4. The molecule has 7 rings (SSSR count). The molecule has 0 aromatic heterocycles. The summed E-state index contributed by atoms with van der Waals surface area (Å²) in [6, 6.07) is -7.32. The van der Waals surface area contributed by atoms with Crippen LogP contribution >= 0.6 is 7.82 Å². The second kappa shape index (κ2) is 11.8. The lowest BCUT2D eigenvalue weighted by atomic mass is 9.66. The third-order valence-electron chi connectivity index (χ3n) is 6.17. The molecule has 250 valence electrons. The van der Waals surface area contributed by atoms with Crippen molar-refractivity contribution in [2.45, 2.75) is 55.7 Å². The molecule has 4 heterocycles. The van der Waals surface area contributed by atoms with Gasteiger partial charge in [0, 0.05) is 20.0 Å². The maximum atomic E-state index is 14.6. The summed E-state index contributed by atoms with van der Waals surface area (Å²) in [6.45, 7) is -16.8. The molecule has 0 saturated carbocycles. The zero-order chi connectivity index (χ0) is 56.3. The highest BCUT2D eigenvalue weighted by atomic mass is 31.2. The first-order valence-corrected chi connectivity index (χ1v) is 13.5. The van der Waals surface area contributed by atoms with Crippen molar-refractivity contribution >= 4 is 13.8 Å². The van der Waals surface area contributed by atoms with Crippen LogP contribution in [0.1, 0.15) is 71.2 Å². The summed E-state index contributed by atoms with van der Waals surface area (Å²) < 4.78 is 297. The van der Waals surface area contributed by atoms with Crippen molar-refractivity contribution in [1.82, 2.24) is 0 Å². The van der Waals surface area contributed by atoms with E-state index in [1.807, 2.05) is 0 Å². The molecule has 1 aliphatic carbocycles. The Hall–Kier alpha value is -3.18. The van der Waals surface area contributed by atoms with E-state index in [0.29, 0.717) is 7.11 Å². The van der Waals surface area contributed by atoms with Gasteiger partial charge in [0.05, 0.1) is 63.9 Å². The van der Waals surface area contributed by atoms with E-state index in [1.54, 1.807) is 0 Å². The number of cyclic esters (lactones) is 1. The summed E-state index contributed by atoms with van der Waals surface area (Å²) >= 11 is 0. The number of rotatable bonds is 8. The summed E-state index contributed by atoms with van der Waals surface area (Å²) in [5.41, 5.74) is -5.85. The average molecular weight is 696 g/mol. The summed E-state index contributed by atoms with van der Waals surface area (Å²) in [4.78, 5) is 34.1. The minimum atomic E-state index is -6.00. The fraction of sp³-hybridized carbons (Fsp3) is 0.552. The lowest BCUT2D eigenvalue weighted by Crippen LogP contribution is -2.63. The van der Waals surface area contributed by atoms with E-state index in [9.17, 15) is 35.2 Å². The molecule has 0 unspecified atom stereocenters. The minimum Gasteiger partial charge on any atom is -0.493 e. The minimum absolute atomic E-state index is 0.557. The maximum Gasteiger partial charge on any atom is 0.525 e. The molecule has 3 saturated heterocycles. The summed E-state index contributed by atoms with van der Waals surface area (Å²) in [7, 11) is -9.31. The van der Waals surface area contributed by atoms with Crippen molar-refractivity contribution in [3.05, 3.63) is 40.9 Å². The molecule has 2 aromatic carbocycles. The molecule has 4 aliphatic heterocycles. The van der Waals surface area contributed by atoms with Gasteiger partial charge in [0.15, 0.2) is 35.5 Å². The van der Waals surface area contributed by atoms with Gasteiger partial charge in [0.2, 0.25) is 13.9 Å². The van der Waals surface area contributed by atoms with Gasteiger partial charge in [-0.1, -0.05) is 0 Å². The molecule has 0 radical (unpaired) electrons. The van der Waals surface area contributed by atoms with Crippen LogP contribution in [-0.2, 0) is 33.0 Å². The highest BCUT2D eigenvalue weighted by Gasteiger charge is 2.56. The number of ether oxygens (including phenoxy) is 9. The Morgan fingerprint density at radius 1 is 1.07 bits per heavy atom. The number of phosphoric ester groups is 1. The van der Waals surface area contributed by atoms with Gasteiger partial charge in [-0.15, -0.1) is 0 Å². The fourth-order valence-corrected chi connectivity index (χ4v) is 4.80. The average Bonchev–Trinajstić information content (AvgIpc) is 3.61. The molecule has 10 atom stereocenters. The van der Waals surface area contributed by atoms with Crippen LogP contribution in [0.15, 0.2) is 24.2 Å². The van der Waals surface area contributed by atoms with Crippen LogP contribution in [-0.4, -0.2) is 98.3 Å². The largest absolute Gasteiger partial charge is 0.525 e. The van der Waals surface area contributed by atoms with Crippen LogP contribution in [0.3, 0.4) is 0 Å². The number of hydrogen-bond donors (Lipinski definition) is 4. The van der Waals surface area contributed by atoms with Crippen LogP contribution in [0.25, 0.3) is 0 Å². The third-order valence-corrected chi connectivity index (χ3v) is 6.59. The van der Waals surface area contributed by atoms with Crippen molar-refractivity contribution in [3.8, 4) is 28.7 Å². The monoisotopic (exact) mass is 695 g/mol. The Kier molecular flexibility index (Phi) is 3.34. The van der Waals surface area contributed by atoms with Crippen LogP contribution in [0.4, 0.5) is 0 Å². The SMILES string of the molecule is [2H]O[C@@]1([2H])[C@]([2H])(O[C@]2([2H])c3c([2H])c4c(c([2H])c3[C@@]([2H])(c3c([2H])c(OC)c(OP(=O)(O)O)c(OC([2H])([2H])[2H])c3[2H])[C@@]3([2H])C(=O)OC([2H])([2H])[C@@]32[2H])OC([2H])([2H])O4)O[C@]2([2H])C([2H])([2H])O[C@@]([2H])(C([2H])([2H])[2H])O[C@@]2([2H])[C@]1([2H])O. The Morgan fingerprint density at radius 2 is 1.83 bits per heavy atom. The lowest BCUT2D eigenvalue weighted by molar-refractivity contribution is -0.364. The Morgan fingerprint density at radius 3 is 2.52 bits per heavy atom. The molecule has 3 fully saturated rings. The van der Waals surface area contributed by atoms with Gasteiger partial charge in [-0.2, -0.15) is 0 Å². The van der Waals surface area contributed by atoms with Crippen molar-refractivity contribution in [2.75, 3.05) is 34.0 Å². The van der Waals surface area contributed by atoms with Gasteiger partial charge in [-0.25, -0.2) is 4.57 Å². The van der Waals surface area contributed by atoms with E-state index in [1.165, 1.54) is 0 Å². The second-order valence-electron chi connectivity index (χ2n) is 8.81. The number of phosphoric acid groups is 1. The van der Waals surface area contributed by atoms with Crippen LogP contribution < -0.4 is 23.5 Å². The lowest BCUT2D eigenvalue weighted by Gasteiger charge is -2.47. The predicted octanol–water partition coefficient (Wildman–Crippen LogP) is 1.10. The topological polar surface area (TPSA) is 207 Å². The van der Waals surface area contributed by atoms with Crippen LogP contribution in [0.5, 0.6) is 28.7 Å². The molecule has 2 aromatic rings. The molecule has 17 heteroatoms. The maximum absolute atomic E-state index is 14.6. The number of esters is 1. The van der Waals surface area contributed by atoms with Gasteiger partial charge in [-0.05, 0) is 47.7 Å². The van der Waals surface area contributed by atoms with Gasteiger partial charge in [0.25, 0.3) is 0 Å². The van der Waals surface area contributed by atoms with Crippen molar-refractivity contribution in [3.63, 3.8) is 0 Å². The summed E-state index contributed by atoms with van der Waals surface area (Å²) in [6.07, 6.45) is -34.0. The number of hydrogen-bond acceptors (Lipinski definition) is 14. The van der Waals surface area contributed by atoms with Crippen molar-refractivity contribution in [1.29, 1.82) is 1.43 Å². The number of carbonyl (C=O) groups excluding carboxylic acids is 1. The number of carbonyl (C=O) groups is 1. The van der Waals surface area contributed by atoms with E-state index in [2.05, 4.69) is 14.4 Å². The first kappa shape index (κ1) is 13.0. The molecular weight excluding hydrogens is 635 g/mol. The Labute approximate surface area is 300 Å².